The number of hydrogen-bond donors (Lipinski definition) is 1. The molecule has 0 heterocycles. The summed E-state index contributed by atoms with van der Waals surface area (Å²) in [7, 11) is 0. The van der Waals surface area contributed by atoms with Gasteiger partial charge in [0.15, 0.2) is 0 Å². The maximum atomic E-state index is 4.12. The molecule has 0 aliphatic heterocycles. The van der Waals surface area contributed by atoms with Crippen LogP contribution in [-0.2, 0) is 0 Å². The highest BCUT2D eigenvalue weighted by Gasteiger charge is 2.00. The van der Waals surface area contributed by atoms with Crippen LogP contribution in [0, 0.1) is 6.92 Å². The average molecular weight is 364 g/mol. The fraction of sp³-hybridized carbons (Fsp3) is 0.0370. The highest BCUT2D eigenvalue weighted by atomic mass is 14.9. The first-order valence-corrected chi connectivity index (χ1v) is 9.41. The van der Waals surface area contributed by atoms with Crippen LogP contribution < -0.4 is 5.32 Å². The minimum absolute atomic E-state index is 1.08. The zero-order valence-electron chi connectivity index (χ0n) is 16.2. The maximum Gasteiger partial charge on any atom is 0.0384 e. The second kappa shape index (κ2) is 9.94. The van der Waals surface area contributed by atoms with Crippen LogP contribution in [0.15, 0.2) is 122 Å². The first-order chi connectivity index (χ1) is 13.7. The Morgan fingerprint density at radius 3 is 1.39 bits per heavy atom. The van der Waals surface area contributed by atoms with E-state index in [1.807, 2.05) is 78.9 Å². The standard InChI is InChI=1S/C15H14.C12H11N/c1-12-8-10-15(11-9-12)13(2)14-6-4-3-5-7-14;1-3-7-11(8-4-1)13-12-9-5-2-6-10-12/h3-11H,2H2,1H3;1-10,13H. The van der Waals surface area contributed by atoms with Crippen LogP contribution in [0.25, 0.3) is 5.57 Å². The van der Waals surface area contributed by atoms with Crippen LogP contribution in [0.3, 0.4) is 0 Å². The Balaban J connectivity index is 0.000000162. The Morgan fingerprint density at radius 1 is 0.536 bits per heavy atom. The van der Waals surface area contributed by atoms with Crippen LogP contribution in [0.2, 0.25) is 0 Å². The van der Waals surface area contributed by atoms with Crippen molar-refractivity contribution in [3.63, 3.8) is 0 Å². The van der Waals surface area contributed by atoms with Crippen LogP contribution in [0.1, 0.15) is 16.7 Å². The van der Waals surface area contributed by atoms with Gasteiger partial charge in [-0.2, -0.15) is 0 Å². The van der Waals surface area contributed by atoms with Crippen molar-refractivity contribution in [1.82, 2.24) is 0 Å². The third kappa shape index (κ3) is 5.72. The molecule has 1 nitrogen and oxygen atoms in total. The molecule has 0 aliphatic carbocycles. The maximum absolute atomic E-state index is 4.12. The second-order valence-electron chi connectivity index (χ2n) is 6.57. The van der Waals surface area contributed by atoms with Crippen LogP contribution in [0.5, 0.6) is 0 Å². The monoisotopic (exact) mass is 363 g/mol. The molecule has 4 aromatic rings. The van der Waals surface area contributed by atoms with Gasteiger partial charge >= 0.3 is 0 Å². The molecule has 0 spiro atoms. The number of anilines is 2. The van der Waals surface area contributed by atoms with E-state index >= 15 is 0 Å². The molecule has 4 rings (SSSR count). The van der Waals surface area contributed by atoms with E-state index in [0.717, 1.165) is 16.9 Å². The third-order valence-electron chi connectivity index (χ3n) is 4.36. The van der Waals surface area contributed by atoms with E-state index in [0.29, 0.717) is 0 Å². The topological polar surface area (TPSA) is 12.0 Å². The van der Waals surface area contributed by atoms with E-state index in [2.05, 4.69) is 55.2 Å². The molecule has 1 heteroatoms. The largest absolute Gasteiger partial charge is 0.356 e. The number of rotatable bonds is 4. The van der Waals surface area contributed by atoms with Crippen molar-refractivity contribution in [2.45, 2.75) is 6.92 Å². The minimum atomic E-state index is 1.08. The lowest BCUT2D eigenvalue weighted by molar-refractivity contribution is 1.45. The van der Waals surface area contributed by atoms with Gasteiger partial charge in [0.2, 0.25) is 0 Å². The molecule has 0 aromatic heterocycles. The second-order valence-corrected chi connectivity index (χ2v) is 6.57. The predicted octanol–water partition coefficient (Wildman–Crippen LogP) is 7.49. The highest BCUT2D eigenvalue weighted by molar-refractivity contribution is 5.77. The number of hydrogen-bond acceptors (Lipinski definition) is 1. The SMILES string of the molecule is C=C(c1ccccc1)c1ccc(C)cc1.c1ccc(Nc2ccccc2)cc1. The smallest absolute Gasteiger partial charge is 0.0384 e. The van der Waals surface area contributed by atoms with E-state index in [1.165, 1.54) is 16.7 Å². The van der Waals surface area contributed by atoms with Gasteiger partial charge < -0.3 is 5.32 Å². The van der Waals surface area contributed by atoms with Gasteiger partial charge in [0.05, 0.1) is 0 Å². The first-order valence-electron chi connectivity index (χ1n) is 9.41. The summed E-state index contributed by atoms with van der Waals surface area (Å²) in [6.45, 7) is 6.22. The zero-order chi connectivity index (χ0) is 19.6. The van der Waals surface area contributed by atoms with E-state index in [1.54, 1.807) is 0 Å². The summed E-state index contributed by atoms with van der Waals surface area (Å²) in [5.41, 5.74) is 6.96. The van der Waals surface area contributed by atoms with Crippen molar-refractivity contribution in [3.8, 4) is 0 Å². The summed E-state index contributed by atoms with van der Waals surface area (Å²) in [5.74, 6) is 0. The van der Waals surface area contributed by atoms with E-state index < -0.39 is 0 Å². The van der Waals surface area contributed by atoms with Crippen LogP contribution in [0.4, 0.5) is 11.4 Å². The van der Waals surface area contributed by atoms with Crippen molar-refractivity contribution < 1.29 is 0 Å². The predicted molar refractivity (Wildman–Crippen MR) is 122 cm³/mol. The molecule has 0 aliphatic rings. The minimum Gasteiger partial charge on any atom is -0.356 e. The molecule has 28 heavy (non-hydrogen) atoms. The van der Waals surface area contributed by atoms with Gasteiger partial charge in [-0.05, 0) is 47.9 Å². The van der Waals surface area contributed by atoms with Crippen molar-refractivity contribution in [2.75, 3.05) is 5.32 Å². The zero-order valence-corrected chi connectivity index (χ0v) is 16.2. The number of aryl methyl sites for hydroxylation is 1. The van der Waals surface area contributed by atoms with Crippen molar-refractivity contribution in [1.29, 1.82) is 0 Å². The molecular weight excluding hydrogens is 338 g/mol. The molecule has 0 saturated carbocycles. The highest BCUT2D eigenvalue weighted by Crippen LogP contribution is 2.21. The van der Waals surface area contributed by atoms with E-state index in [-0.39, 0.29) is 0 Å². The number of benzene rings is 4. The lowest BCUT2D eigenvalue weighted by Gasteiger charge is -2.06. The Hall–Kier alpha value is -3.58. The normalized spacial score (nSPS) is 9.75. The van der Waals surface area contributed by atoms with Gasteiger partial charge in [-0.25, -0.2) is 0 Å². The Bertz CT molecular complexity index is 935. The van der Waals surface area contributed by atoms with E-state index in [9.17, 15) is 0 Å². The van der Waals surface area contributed by atoms with Gasteiger partial charge in [-0.3, -0.25) is 0 Å². The molecule has 0 bridgehead atoms. The van der Waals surface area contributed by atoms with Crippen LogP contribution >= 0.6 is 0 Å². The quantitative estimate of drug-likeness (QED) is 0.396. The summed E-state index contributed by atoms with van der Waals surface area (Å²) in [6.07, 6.45) is 0. The molecule has 0 unspecified atom stereocenters. The molecular formula is C27H25N. The van der Waals surface area contributed by atoms with E-state index in [4.69, 9.17) is 0 Å². The average Bonchev–Trinajstić information content (AvgIpc) is 2.76. The van der Waals surface area contributed by atoms with Gasteiger partial charge in [0, 0.05) is 11.4 Å². The number of para-hydroxylation sites is 2. The Kier molecular flexibility index (Phi) is 6.81. The van der Waals surface area contributed by atoms with Crippen molar-refractivity contribution in [3.05, 3.63) is 139 Å². The fourth-order valence-electron chi connectivity index (χ4n) is 2.77. The molecule has 0 fully saturated rings. The first kappa shape index (κ1) is 19.2. The molecule has 4 aromatic carbocycles. The van der Waals surface area contributed by atoms with Gasteiger partial charge in [-0.15, -0.1) is 0 Å². The van der Waals surface area contributed by atoms with Crippen molar-refractivity contribution >= 4 is 16.9 Å². The fourth-order valence-corrected chi connectivity index (χ4v) is 2.77. The Morgan fingerprint density at radius 2 is 0.929 bits per heavy atom. The lowest BCUT2D eigenvalue weighted by Crippen LogP contribution is -1.87. The Labute approximate surface area is 168 Å². The molecule has 138 valence electrons. The summed E-state index contributed by atoms with van der Waals surface area (Å²) >= 11 is 0. The van der Waals surface area contributed by atoms with Gasteiger partial charge in [-0.1, -0.05) is 103 Å². The molecule has 0 amide bonds. The molecule has 0 atom stereocenters. The summed E-state index contributed by atoms with van der Waals surface area (Å²) in [5, 5.41) is 3.30. The third-order valence-corrected chi connectivity index (χ3v) is 4.36. The molecule has 0 saturated heterocycles. The summed E-state index contributed by atoms with van der Waals surface area (Å²) < 4.78 is 0. The molecule has 0 radical (unpaired) electrons. The number of nitrogens with one attached hydrogen (secondary N) is 1. The summed E-state index contributed by atoms with van der Waals surface area (Å²) in [4.78, 5) is 0. The molecule has 1 N–H and O–H groups in total. The van der Waals surface area contributed by atoms with Gasteiger partial charge in [0.1, 0.15) is 0 Å². The van der Waals surface area contributed by atoms with Gasteiger partial charge in [0.25, 0.3) is 0 Å². The van der Waals surface area contributed by atoms with Crippen molar-refractivity contribution in [2.24, 2.45) is 0 Å². The van der Waals surface area contributed by atoms with Crippen LogP contribution in [-0.4, -0.2) is 0 Å². The summed E-state index contributed by atoms with van der Waals surface area (Å²) in [6, 6.07) is 39.0. The lowest BCUT2D eigenvalue weighted by atomic mass is 9.99.